The standard InChI is InChI=1S/C64H42N2S/c1-3-14-43(15-4-1)45-28-32-53(33-29-45)65(55-36-37-58-57-20-10-12-25-62(57)67-63(58)42-55)54-34-30-46(31-35-54)49-39-50(48-27-26-44-16-7-8-17-47(44)38-48)41-51(40-49)56-22-13-24-61-64(56)59-21-9-11-23-60(59)66(61)52-18-5-2-6-19-52/h1-42H. The Morgan fingerprint density at radius 3 is 1.63 bits per heavy atom. The number of rotatable bonds is 8. The van der Waals surface area contributed by atoms with E-state index in [1.165, 1.54) is 91.7 Å². The molecule has 314 valence electrons. The highest BCUT2D eigenvalue weighted by Crippen LogP contribution is 2.44. The van der Waals surface area contributed by atoms with E-state index < -0.39 is 0 Å². The van der Waals surface area contributed by atoms with Crippen LogP contribution in [0.25, 0.3) is 103 Å². The lowest BCUT2D eigenvalue weighted by Gasteiger charge is -2.26. The second kappa shape index (κ2) is 16.2. The third-order valence-electron chi connectivity index (χ3n) is 13.4. The van der Waals surface area contributed by atoms with Gasteiger partial charge in [0, 0.05) is 53.7 Å². The predicted octanol–water partition coefficient (Wildman–Crippen LogP) is 18.4. The van der Waals surface area contributed by atoms with Gasteiger partial charge in [0.1, 0.15) is 0 Å². The first kappa shape index (κ1) is 38.9. The zero-order chi connectivity index (χ0) is 44.3. The van der Waals surface area contributed by atoms with Crippen LogP contribution in [-0.4, -0.2) is 4.57 Å². The van der Waals surface area contributed by atoms with Gasteiger partial charge in [-0.25, -0.2) is 0 Å². The fourth-order valence-electron chi connectivity index (χ4n) is 10.1. The number of fused-ring (bicyclic) bond motifs is 7. The maximum atomic E-state index is 2.40. The summed E-state index contributed by atoms with van der Waals surface area (Å²) < 4.78 is 4.99. The molecule has 2 aromatic heterocycles. The molecule has 0 amide bonds. The molecule has 0 bridgehead atoms. The molecule has 0 aliphatic heterocycles. The number of thiophene rings is 1. The number of anilines is 3. The lowest BCUT2D eigenvalue weighted by Crippen LogP contribution is -2.09. The largest absolute Gasteiger partial charge is 0.310 e. The molecule has 0 fully saturated rings. The van der Waals surface area contributed by atoms with Crippen LogP contribution in [0.4, 0.5) is 17.1 Å². The van der Waals surface area contributed by atoms with Gasteiger partial charge in [-0.15, -0.1) is 11.3 Å². The minimum Gasteiger partial charge on any atom is -0.310 e. The topological polar surface area (TPSA) is 8.17 Å². The molecule has 67 heavy (non-hydrogen) atoms. The van der Waals surface area contributed by atoms with Gasteiger partial charge in [0.25, 0.3) is 0 Å². The monoisotopic (exact) mass is 870 g/mol. The van der Waals surface area contributed by atoms with Crippen molar-refractivity contribution < 1.29 is 0 Å². The van der Waals surface area contributed by atoms with Crippen LogP contribution >= 0.6 is 11.3 Å². The molecule has 0 radical (unpaired) electrons. The Labute approximate surface area is 393 Å². The molecular formula is C64H42N2S. The van der Waals surface area contributed by atoms with Crippen molar-refractivity contribution in [3.63, 3.8) is 0 Å². The van der Waals surface area contributed by atoms with Crippen LogP contribution in [0.5, 0.6) is 0 Å². The third kappa shape index (κ3) is 6.88. The number of hydrogen-bond donors (Lipinski definition) is 0. The summed E-state index contributed by atoms with van der Waals surface area (Å²) in [5, 5.41) is 7.56. The summed E-state index contributed by atoms with van der Waals surface area (Å²) >= 11 is 1.86. The molecule has 0 aliphatic carbocycles. The SMILES string of the molecule is c1ccc(-c2ccc(N(c3ccc(-c4cc(-c5ccc6ccccc6c5)cc(-c5cccc6c5c5ccccc5n6-c5ccccc5)c4)cc3)c3ccc4c(c3)sc3ccccc34)cc2)cc1. The fourth-order valence-corrected chi connectivity index (χ4v) is 11.3. The quantitative estimate of drug-likeness (QED) is 0.148. The van der Waals surface area contributed by atoms with Gasteiger partial charge in [-0.3, -0.25) is 0 Å². The molecule has 3 heteroatoms. The zero-order valence-corrected chi connectivity index (χ0v) is 37.4. The summed E-state index contributed by atoms with van der Waals surface area (Å²) in [5.41, 5.74) is 16.4. The summed E-state index contributed by atoms with van der Waals surface area (Å²) in [6, 6.07) is 93.3. The molecule has 0 saturated heterocycles. The van der Waals surface area contributed by atoms with Gasteiger partial charge in [0.2, 0.25) is 0 Å². The average Bonchev–Trinajstić information content (AvgIpc) is 3.95. The molecule has 0 aliphatic rings. The Kier molecular flexibility index (Phi) is 9.40. The normalized spacial score (nSPS) is 11.6. The van der Waals surface area contributed by atoms with E-state index in [9.17, 15) is 0 Å². The zero-order valence-electron chi connectivity index (χ0n) is 36.6. The van der Waals surface area contributed by atoms with Crippen molar-refractivity contribution in [1.29, 1.82) is 0 Å². The summed E-state index contributed by atoms with van der Waals surface area (Å²) in [4.78, 5) is 2.39. The van der Waals surface area contributed by atoms with Crippen LogP contribution in [0.3, 0.4) is 0 Å². The Bertz CT molecular complexity index is 3960. The van der Waals surface area contributed by atoms with Gasteiger partial charge < -0.3 is 9.47 Å². The van der Waals surface area contributed by atoms with E-state index in [2.05, 4.69) is 264 Å². The van der Waals surface area contributed by atoms with Gasteiger partial charge >= 0.3 is 0 Å². The second-order valence-corrected chi connectivity index (χ2v) is 18.4. The lowest BCUT2D eigenvalue weighted by molar-refractivity contribution is 1.18. The van der Waals surface area contributed by atoms with Crippen molar-refractivity contribution in [2.45, 2.75) is 0 Å². The highest BCUT2D eigenvalue weighted by Gasteiger charge is 2.19. The van der Waals surface area contributed by atoms with Gasteiger partial charge in [0.05, 0.1) is 11.0 Å². The fraction of sp³-hybridized carbons (Fsp3) is 0. The van der Waals surface area contributed by atoms with Gasteiger partial charge in [-0.05, 0) is 146 Å². The molecular weight excluding hydrogens is 829 g/mol. The van der Waals surface area contributed by atoms with Crippen LogP contribution in [0.2, 0.25) is 0 Å². The van der Waals surface area contributed by atoms with Crippen LogP contribution in [0, 0.1) is 0 Å². The van der Waals surface area contributed by atoms with E-state index in [0.717, 1.165) is 28.3 Å². The van der Waals surface area contributed by atoms with Crippen LogP contribution in [0.1, 0.15) is 0 Å². The average molecular weight is 871 g/mol. The van der Waals surface area contributed by atoms with E-state index in [-0.39, 0.29) is 0 Å². The smallest absolute Gasteiger partial charge is 0.0547 e. The molecule has 0 unspecified atom stereocenters. The van der Waals surface area contributed by atoms with Gasteiger partial charge in [-0.1, -0.05) is 164 Å². The van der Waals surface area contributed by atoms with Crippen LogP contribution in [0.15, 0.2) is 255 Å². The van der Waals surface area contributed by atoms with E-state index in [1.54, 1.807) is 0 Å². The van der Waals surface area contributed by atoms with Crippen molar-refractivity contribution >= 4 is 81.1 Å². The van der Waals surface area contributed by atoms with Crippen molar-refractivity contribution in [1.82, 2.24) is 4.57 Å². The molecule has 0 atom stereocenters. The Balaban J connectivity index is 0.967. The number of hydrogen-bond acceptors (Lipinski definition) is 2. The Hall–Kier alpha value is -8.50. The van der Waals surface area contributed by atoms with E-state index in [0.29, 0.717) is 0 Å². The maximum Gasteiger partial charge on any atom is 0.0547 e. The van der Waals surface area contributed by atoms with Gasteiger partial charge in [-0.2, -0.15) is 0 Å². The highest BCUT2D eigenvalue weighted by atomic mass is 32.1. The van der Waals surface area contributed by atoms with Crippen LogP contribution < -0.4 is 4.90 Å². The first-order valence-electron chi connectivity index (χ1n) is 22.9. The van der Waals surface area contributed by atoms with Gasteiger partial charge in [0.15, 0.2) is 0 Å². The van der Waals surface area contributed by atoms with Crippen molar-refractivity contribution in [3.05, 3.63) is 255 Å². The summed E-state index contributed by atoms with van der Waals surface area (Å²) in [6.45, 7) is 0. The molecule has 2 heterocycles. The number of benzene rings is 11. The minimum absolute atomic E-state index is 1.10. The summed E-state index contributed by atoms with van der Waals surface area (Å²) in [6.07, 6.45) is 0. The van der Waals surface area contributed by atoms with Crippen molar-refractivity contribution in [3.8, 4) is 50.2 Å². The van der Waals surface area contributed by atoms with Crippen molar-refractivity contribution in [2.24, 2.45) is 0 Å². The van der Waals surface area contributed by atoms with Crippen molar-refractivity contribution in [2.75, 3.05) is 4.90 Å². The highest BCUT2D eigenvalue weighted by molar-refractivity contribution is 7.25. The second-order valence-electron chi connectivity index (χ2n) is 17.3. The summed E-state index contributed by atoms with van der Waals surface area (Å²) in [5.74, 6) is 0. The van der Waals surface area contributed by atoms with E-state index in [1.807, 2.05) is 11.3 Å². The Morgan fingerprint density at radius 1 is 0.299 bits per heavy atom. The molecule has 2 nitrogen and oxygen atoms in total. The predicted molar refractivity (Wildman–Crippen MR) is 288 cm³/mol. The molecule has 0 spiro atoms. The number of para-hydroxylation sites is 2. The molecule has 13 rings (SSSR count). The van der Waals surface area contributed by atoms with E-state index >= 15 is 0 Å². The number of nitrogens with zero attached hydrogens (tertiary/aromatic N) is 2. The maximum absolute atomic E-state index is 2.40. The summed E-state index contributed by atoms with van der Waals surface area (Å²) in [7, 11) is 0. The van der Waals surface area contributed by atoms with E-state index in [4.69, 9.17) is 0 Å². The lowest BCUT2D eigenvalue weighted by atomic mass is 9.91. The first-order chi connectivity index (χ1) is 33.2. The molecule has 0 saturated carbocycles. The molecule has 11 aromatic carbocycles. The Morgan fingerprint density at radius 2 is 0.851 bits per heavy atom. The minimum atomic E-state index is 1.10. The molecule has 0 N–H and O–H groups in total. The third-order valence-corrected chi connectivity index (χ3v) is 14.5. The molecule has 13 aromatic rings. The first-order valence-corrected chi connectivity index (χ1v) is 23.7. The number of aromatic nitrogens is 1. The van der Waals surface area contributed by atoms with Crippen LogP contribution in [-0.2, 0) is 0 Å².